The molecule has 0 aliphatic rings. The van der Waals surface area contributed by atoms with Crippen LogP contribution in [-0.2, 0) is 4.74 Å². The lowest BCUT2D eigenvalue weighted by Crippen LogP contribution is -2.33. The minimum Gasteiger partial charge on any atom is -0.383 e. The van der Waals surface area contributed by atoms with Gasteiger partial charge < -0.3 is 9.64 Å². The van der Waals surface area contributed by atoms with Gasteiger partial charge in [0.2, 0.25) is 0 Å². The topological polar surface area (TPSA) is 58.2 Å². The number of halogens is 1. The van der Waals surface area contributed by atoms with Crippen LogP contribution in [0.3, 0.4) is 0 Å². The molecule has 15 heavy (non-hydrogen) atoms. The van der Waals surface area contributed by atoms with E-state index in [0.29, 0.717) is 18.7 Å². The fraction of sp³-hybridized carbons (Fsp3) is 0.556. The smallest absolute Gasteiger partial charge is 0.256 e. The first-order valence-electron chi connectivity index (χ1n) is 4.52. The van der Waals surface area contributed by atoms with Crippen molar-refractivity contribution in [2.45, 2.75) is 5.38 Å². The third-order valence-corrected chi connectivity index (χ3v) is 2.18. The second kappa shape index (κ2) is 5.72. The highest BCUT2D eigenvalue weighted by molar-refractivity contribution is 6.21. The van der Waals surface area contributed by atoms with Crippen LogP contribution in [0, 0.1) is 0 Å². The first kappa shape index (κ1) is 12.0. The van der Waals surface area contributed by atoms with Crippen LogP contribution < -0.4 is 0 Å². The number of nitrogens with zero attached hydrogens (tertiary/aromatic N) is 2. The summed E-state index contributed by atoms with van der Waals surface area (Å²) in [5, 5.41) is 6.10. The number of ether oxygens (including phenoxy) is 1. The van der Waals surface area contributed by atoms with Crippen LogP contribution in [-0.4, -0.2) is 53.7 Å². The fourth-order valence-electron chi connectivity index (χ4n) is 1.20. The Morgan fingerprint density at radius 3 is 3.07 bits per heavy atom. The lowest BCUT2D eigenvalue weighted by atomic mass is 10.3. The Labute approximate surface area is 93.4 Å². The van der Waals surface area contributed by atoms with Gasteiger partial charge in [-0.3, -0.25) is 9.89 Å². The molecule has 1 rings (SSSR count). The molecule has 6 heteroatoms. The van der Waals surface area contributed by atoms with E-state index in [4.69, 9.17) is 16.3 Å². The molecule has 84 valence electrons. The molecule has 0 aliphatic carbocycles. The summed E-state index contributed by atoms with van der Waals surface area (Å²) in [5.74, 6) is -0.106. The van der Waals surface area contributed by atoms with Crippen molar-refractivity contribution in [1.82, 2.24) is 15.1 Å². The van der Waals surface area contributed by atoms with Gasteiger partial charge in [0, 0.05) is 26.9 Å². The predicted molar refractivity (Wildman–Crippen MR) is 57.1 cm³/mol. The highest BCUT2D eigenvalue weighted by Crippen LogP contribution is 2.04. The molecule has 1 aromatic rings. The van der Waals surface area contributed by atoms with Gasteiger partial charge in [-0.25, -0.2) is 0 Å². The van der Waals surface area contributed by atoms with Crippen LogP contribution in [0.4, 0.5) is 0 Å². The van der Waals surface area contributed by atoms with Gasteiger partial charge in [-0.15, -0.1) is 11.6 Å². The molecule has 0 aromatic carbocycles. The molecule has 1 heterocycles. The molecular weight excluding hydrogens is 218 g/mol. The zero-order chi connectivity index (χ0) is 11.3. The zero-order valence-electron chi connectivity index (χ0n) is 8.74. The van der Waals surface area contributed by atoms with E-state index in [1.165, 1.54) is 6.20 Å². The maximum atomic E-state index is 11.7. The summed E-state index contributed by atoms with van der Waals surface area (Å²) < 4.78 is 4.89. The van der Waals surface area contributed by atoms with Crippen molar-refractivity contribution < 1.29 is 9.53 Å². The molecule has 1 amide bonds. The molecule has 5 nitrogen and oxygen atoms in total. The Morgan fingerprint density at radius 2 is 2.53 bits per heavy atom. The van der Waals surface area contributed by atoms with Gasteiger partial charge in [0.1, 0.15) is 0 Å². The number of aromatic nitrogens is 2. The number of nitrogens with one attached hydrogen (secondary N) is 1. The average Bonchev–Trinajstić information content (AvgIpc) is 2.69. The first-order valence-corrected chi connectivity index (χ1v) is 4.96. The summed E-state index contributed by atoms with van der Waals surface area (Å²) in [5.41, 5.74) is 0.527. The zero-order valence-corrected chi connectivity index (χ0v) is 9.49. The Balaban J connectivity index is 2.47. The summed E-state index contributed by atoms with van der Waals surface area (Å²) in [6, 6.07) is 0. The van der Waals surface area contributed by atoms with Crippen LogP contribution in [0.15, 0.2) is 12.4 Å². The number of aromatic amines is 1. The van der Waals surface area contributed by atoms with Crippen LogP contribution in [0.2, 0.25) is 0 Å². The molecular formula is C9H14ClN3O2. The van der Waals surface area contributed by atoms with E-state index in [1.54, 1.807) is 25.3 Å². The number of amides is 1. The summed E-state index contributed by atoms with van der Waals surface area (Å²) in [6.45, 7) is 0.865. The lowest BCUT2D eigenvalue weighted by molar-refractivity contribution is 0.0781. The third kappa shape index (κ3) is 3.53. The summed E-state index contributed by atoms with van der Waals surface area (Å²) >= 11 is 5.94. The number of hydrogen-bond donors (Lipinski definition) is 1. The second-order valence-corrected chi connectivity index (χ2v) is 3.84. The van der Waals surface area contributed by atoms with E-state index in [0.717, 1.165) is 0 Å². The number of carbonyl (C=O) groups excluding carboxylic acids is 1. The Morgan fingerprint density at radius 1 is 1.80 bits per heavy atom. The number of carbonyl (C=O) groups is 1. The molecule has 1 N–H and O–H groups in total. The normalized spacial score (nSPS) is 12.5. The fourth-order valence-corrected chi connectivity index (χ4v) is 1.53. The van der Waals surface area contributed by atoms with Crippen molar-refractivity contribution in [3.8, 4) is 0 Å². The SMILES string of the molecule is COCC(Cl)CN(C)C(=O)c1cn[nH]c1. The lowest BCUT2D eigenvalue weighted by Gasteiger charge is -2.19. The number of H-pyrrole nitrogens is 1. The van der Waals surface area contributed by atoms with Gasteiger partial charge in [0.25, 0.3) is 5.91 Å². The molecule has 0 fully saturated rings. The minimum atomic E-state index is -0.198. The standard InChI is InChI=1S/C9H14ClN3O2/c1-13(5-8(10)6-15-2)9(14)7-3-11-12-4-7/h3-4,8H,5-6H2,1-2H3,(H,11,12). The average molecular weight is 232 g/mol. The van der Waals surface area contributed by atoms with Gasteiger partial charge in [0.05, 0.1) is 23.7 Å². The third-order valence-electron chi connectivity index (χ3n) is 1.91. The second-order valence-electron chi connectivity index (χ2n) is 3.23. The summed E-state index contributed by atoms with van der Waals surface area (Å²) in [7, 11) is 3.27. The molecule has 1 unspecified atom stereocenters. The minimum absolute atomic E-state index is 0.106. The van der Waals surface area contributed by atoms with Gasteiger partial charge >= 0.3 is 0 Å². The van der Waals surface area contributed by atoms with Crippen molar-refractivity contribution in [3.63, 3.8) is 0 Å². The molecule has 1 aromatic heterocycles. The monoisotopic (exact) mass is 231 g/mol. The van der Waals surface area contributed by atoms with Crippen molar-refractivity contribution in [2.75, 3.05) is 27.3 Å². The van der Waals surface area contributed by atoms with E-state index in [-0.39, 0.29) is 11.3 Å². The summed E-state index contributed by atoms with van der Waals surface area (Å²) in [6.07, 6.45) is 3.04. The number of alkyl halides is 1. The molecule has 0 radical (unpaired) electrons. The van der Waals surface area contributed by atoms with E-state index in [9.17, 15) is 4.79 Å². The van der Waals surface area contributed by atoms with Crippen LogP contribution in [0.5, 0.6) is 0 Å². The van der Waals surface area contributed by atoms with Crippen LogP contribution >= 0.6 is 11.6 Å². The van der Waals surface area contributed by atoms with Crippen LogP contribution in [0.1, 0.15) is 10.4 Å². The molecule has 0 saturated heterocycles. The Kier molecular flexibility index (Phi) is 4.58. The van der Waals surface area contributed by atoms with E-state index in [1.807, 2.05) is 0 Å². The van der Waals surface area contributed by atoms with Crippen LogP contribution in [0.25, 0.3) is 0 Å². The van der Waals surface area contributed by atoms with Crippen molar-refractivity contribution >= 4 is 17.5 Å². The first-order chi connectivity index (χ1) is 7.15. The molecule has 0 aliphatic heterocycles. The summed E-state index contributed by atoms with van der Waals surface area (Å²) in [4.78, 5) is 13.3. The molecule has 0 bridgehead atoms. The van der Waals surface area contributed by atoms with Crippen molar-refractivity contribution in [2.24, 2.45) is 0 Å². The maximum Gasteiger partial charge on any atom is 0.256 e. The highest BCUT2D eigenvalue weighted by Gasteiger charge is 2.15. The maximum absolute atomic E-state index is 11.7. The largest absolute Gasteiger partial charge is 0.383 e. The van der Waals surface area contributed by atoms with Crippen molar-refractivity contribution in [1.29, 1.82) is 0 Å². The van der Waals surface area contributed by atoms with E-state index < -0.39 is 0 Å². The van der Waals surface area contributed by atoms with Gasteiger partial charge in [-0.05, 0) is 0 Å². The molecule has 0 saturated carbocycles. The molecule has 1 atom stereocenters. The van der Waals surface area contributed by atoms with Crippen molar-refractivity contribution in [3.05, 3.63) is 18.0 Å². The van der Waals surface area contributed by atoms with Gasteiger partial charge in [-0.1, -0.05) is 0 Å². The Hall–Kier alpha value is -1.07. The highest BCUT2D eigenvalue weighted by atomic mass is 35.5. The number of rotatable bonds is 5. The van der Waals surface area contributed by atoms with E-state index >= 15 is 0 Å². The molecule has 0 spiro atoms. The quantitative estimate of drug-likeness (QED) is 0.761. The number of methoxy groups -OCH3 is 1. The van der Waals surface area contributed by atoms with Gasteiger partial charge in [-0.2, -0.15) is 5.10 Å². The van der Waals surface area contributed by atoms with E-state index in [2.05, 4.69) is 10.2 Å². The number of hydrogen-bond acceptors (Lipinski definition) is 3. The predicted octanol–water partition coefficient (Wildman–Crippen LogP) is 0.735. The Bertz CT molecular complexity index is 302. The van der Waals surface area contributed by atoms with Gasteiger partial charge in [0.15, 0.2) is 0 Å².